The zero-order chi connectivity index (χ0) is 16.9. The van der Waals surface area contributed by atoms with Crippen molar-refractivity contribution in [3.05, 3.63) is 36.4 Å². The van der Waals surface area contributed by atoms with Crippen molar-refractivity contribution < 1.29 is 14.3 Å². The Hall–Kier alpha value is -1.89. The molecule has 6 heteroatoms. The van der Waals surface area contributed by atoms with E-state index < -0.39 is 0 Å². The fraction of sp³-hybridized carbons (Fsp3) is 0.500. The predicted molar refractivity (Wildman–Crippen MR) is 91.9 cm³/mol. The molecule has 3 rings (SSSR count). The van der Waals surface area contributed by atoms with Crippen LogP contribution < -0.4 is 4.74 Å². The number of β-amino-alcohol motifs (C(OH)–C–C–N with tert-alkyl or cyclic N) is 1. The molecule has 1 aromatic carbocycles. The molecule has 1 aliphatic rings. The molecule has 0 amide bonds. The number of hydrogen-bond donors (Lipinski definition) is 1. The lowest BCUT2D eigenvalue weighted by molar-refractivity contribution is 0.0748. The van der Waals surface area contributed by atoms with Crippen LogP contribution in [0.15, 0.2) is 34.9 Å². The molecule has 0 aliphatic carbocycles. The van der Waals surface area contributed by atoms with Crippen molar-refractivity contribution in [2.24, 2.45) is 0 Å². The number of rotatable bonds is 6. The maximum atomic E-state index is 9.46. The molecular formula is C18H25N3O3. The summed E-state index contributed by atoms with van der Waals surface area (Å²) in [6, 6.07) is 7.77. The molecule has 2 aromatic rings. The van der Waals surface area contributed by atoms with Gasteiger partial charge in [-0.25, -0.2) is 4.98 Å². The summed E-state index contributed by atoms with van der Waals surface area (Å²) in [6.45, 7) is 7.17. The summed E-state index contributed by atoms with van der Waals surface area (Å²) < 4.78 is 11.1. The first-order valence-electron chi connectivity index (χ1n) is 8.36. The normalized spacial score (nSPS) is 17.8. The van der Waals surface area contributed by atoms with Gasteiger partial charge in [0.05, 0.1) is 26.0 Å². The Morgan fingerprint density at radius 3 is 2.46 bits per heavy atom. The van der Waals surface area contributed by atoms with Crippen LogP contribution in [0.5, 0.6) is 5.75 Å². The van der Waals surface area contributed by atoms with Gasteiger partial charge in [-0.05, 0) is 31.2 Å². The minimum absolute atomic E-state index is 0.268. The van der Waals surface area contributed by atoms with E-state index >= 15 is 0 Å². The Kier molecular flexibility index (Phi) is 5.50. The third kappa shape index (κ3) is 4.35. The Bertz CT molecular complexity index is 631. The molecule has 0 radical (unpaired) electrons. The van der Waals surface area contributed by atoms with Gasteiger partial charge in [-0.1, -0.05) is 0 Å². The van der Waals surface area contributed by atoms with Crippen LogP contribution in [-0.4, -0.2) is 65.8 Å². The fourth-order valence-electron chi connectivity index (χ4n) is 2.97. The Labute approximate surface area is 142 Å². The van der Waals surface area contributed by atoms with Crippen LogP contribution in [0.1, 0.15) is 12.8 Å². The minimum Gasteiger partial charge on any atom is -0.497 e. The molecule has 1 aliphatic heterocycles. The van der Waals surface area contributed by atoms with E-state index in [1.807, 2.05) is 31.2 Å². The molecule has 0 spiro atoms. The van der Waals surface area contributed by atoms with Gasteiger partial charge >= 0.3 is 0 Å². The van der Waals surface area contributed by atoms with Gasteiger partial charge in [-0.15, -0.1) is 0 Å². The summed E-state index contributed by atoms with van der Waals surface area (Å²) in [4.78, 5) is 9.03. The van der Waals surface area contributed by atoms with E-state index in [1.54, 1.807) is 13.3 Å². The second kappa shape index (κ2) is 7.79. The number of benzene rings is 1. The maximum Gasteiger partial charge on any atom is 0.209 e. The van der Waals surface area contributed by atoms with Crippen LogP contribution in [0.4, 0.5) is 0 Å². The lowest BCUT2D eigenvalue weighted by Crippen LogP contribution is -2.47. The zero-order valence-corrected chi connectivity index (χ0v) is 14.3. The zero-order valence-electron chi connectivity index (χ0n) is 14.3. The first kappa shape index (κ1) is 17.0. The summed E-state index contributed by atoms with van der Waals surface area (Å²) in [5, 5.41) is 9.46. The van der Waals surface area contributed by atoms with E-state index in [9.17, 15) is 5.11 Å². The average Bonchev–Trinajstić information content (AvgIpc) is 3.05. The molecule has 1 N–H and O–H groups in total. The molecule has 0 unspecified atom stereocenters. The van der Waals surface area contributed by atoms with E-state index in [0.29, 0.717) is 0 Å². The number of piperazine rings is 1. The molecule has 1 atom stereocenters. The Morgan fingerprint density at radius 1 is 1.17 bits per heavy atom. The molecule has 130 valence electrons. The summed E-state index contributed by atoms with van der Waals surface area (Å²) in [5.74, 6) is 2.35. The highest BCUT2D eigenvalue weighted by Gasteiger charge is 2.19. The van der Waals surface area contributed by atoms with Crippen LogP contribution in [0.25, 0.3) is 11.3 Å². The quantitative estimate of drug-likeness (QED) is 0.872. The molecule has 6 nitrogen and oxygen atoms in total. The number of methoxy groups -OCH3 is 1. The second-order valence-corrected chi connectivity index (χ2v) is 6.27. The van der Waals surface area contributed by atoms with E-state index in [0.717, 1.165) is 62.2 Å². The van der Waals surface area contributed by atoms with Crippen molar-refractivity contribution >= 4 is 0 Å². The monoisotopic (exact) mass is 331 g/mol. The summed E-state index contributed by atoms with van der Waals surface area (Å²) >= 11 is 0. The first-order chi connectivity index (χ1) is 11.6. The third-order valence-electron chi connectivity index (χ3n) is 4.27. The number of hydrogen-bond acceptors (Lipinski definition) is 6. The maximum absolute atomic E-state index is 9.46. The SMILES string of the molecule is COc1ccc(-c2cnc(CN3CCN(C[C@H](C)O)CC3)o2)cc1. The van der Waals surface area contributed by atoms with Crippen molar-refractivity contribution in [2.75, 3.05) is 39.8 Å². The average molecular weight is 331 g/mol. The lowest BCUT2D eigenvalue weighted by atomic mass is 10.2. The largest absolute Gasteiger partial charge is 0.497 e. The molecule has 1 fully saturated rings. The van der Waals surface area contributed by atoms with Crippen LogP contribution in [-0.2, 0) is 6.54 Å². The van der Waals surface area contributed by atoms with Crippen molar-refractivity contribution in [2.45, 2.75) is 19.6 Å². The minimum atomic E-state index is -0.268. The first-order valence-corrected chi connectivity index (χ1v) is 8.36. The Balaban J connectivity index is 1.54. The number of aliphatic hydroxyl groups excluding tert-OH is 1. The molecule has 2 heterocycles. The standard InChI is InChI=1S/C18H25N3O3/c1-14(22)12-20-7-9-21(10-8-20)13-18-19-11-17(24-18)15-3-5-16(23-2)6-4-15/h3-6,11,14,22H,7-10,12-13H2,1-2H3/t14-/m0/s1. The van der Waals surface area contributed by atoms with Crippen molar-refractivity contribution in [3.8, 4) is 17.1 Å². The van der Waals surface area contributed by atoms with Gasteiger partial charge in [-0.2, -0.15) is 0 Å². The molecule has 0 bridgehead atoms. The van der Waals surface area contributed by atoms with Gasteiger partial charge < -0.3 is 14.3 Å². The number of aliphatic hydroxyl groups is 1. The number of nitrogens with zero attached hydrogens (tertiary/aromatic N) is 3. The van der Waals surface area contributed by atoms with Gasteiger partial charge in [-0.3, -0.25) is 9.80 Å². The van der Waals surface area contributed by atoms with E-state index in [4.69, 9.17) is 9.15 Å². The molecule has 1 aromatic heterocycles. The summed E-state index contributed by atoms with van der Waals surface area (Å²) in [5.41, 5.74) is 0.997. The van der Waals surface area contributed by atoms with Gasteiger partial charge in [0, 0.05) is 38.3 Å². The van der Waals surface area contributed by atoms with Crippen LogP contribution in [0, 0.1) is 0 Å². The summed E-state index contributed by atoms with van der Waals surface area (Å²) in [7, 11) is 1.66. The van der Waals surface area contributed by atoms with Crippen molar-refractivity contribution in [1.82, 2.24) is 14.8 Å². The summed E-state index contributed by atoms with van der Waals surface area (Å²) in [6.07, 6.45) is 1.51. The Morgan fingerprint density at radius 2 is 1.83 bits per heavy atom. The number of ether oxygens (including phenoxy) is 1. The highest BCUT2D eigenvalue weighted by molar-refractivity contribution is 5.57. The number of aromatic nitrogens is 1. The van der Waals surface area contributed by atoms with Gasteiger partial charge in [0.2, 0.25) is 5.89 Å². The van der Waals surface area contributed by atoms with Gasteiger partial charge in [0.15, 0.2) is 5.76 Å². The number of oxazole rings is 1. The predicted octanol–water partition coefficient (Wildman–Crippen LogP) is 1.85. The van der Waals surface area contributed by atoms with Crippen LogP contribution in [0.2, 0.25) is 0 Å². The van der Waals surface area contributed by atoms with E-state index in [-0.39, 0.29) is 6.10 Å². The second-order valence-electron chi connectivity index (χ2n) is 6.27. The van der Waals surface area contributed by atoms with Crippen molar-refractivity contribution in [3.63, 3.8) is 0 Å². The smallest absolute Gasteiger partial charge is 0.209 e. The molecule has 0 saturated carbocycles. The fourth-order valence-corrected chi connectivity index (χ4v) is 2.97. The van der Waals surface area contributed by atoms with Crippen LogP contribution in [0.3, 0.4) is 0 Å². The highest BCUT2D eigenvalue weighted by Crippen LogP contribution is 2.23. The van der Waals surface area contributed by atoms with Gasteiger partial charge in [0.25, 0.3) is 0 Å². The molecular weight excluding hydrogens is 306 g/mol. The van der Waals surface area contributed by atoms with Gasteiger partial charge in [0.1, 0.15) is 5.75 Å². The topological polar surface area (TPSA) is 62.0 Å². The lowest BCUT2D eigenvalue weighted by Gasteiger charge is -2.34. The van der Waals surface area contributed by atoms with E-state index in [2.05, 4.69) is 14.8 Å². The molecule has 1 saturated heterocycles. The van der Waals surface area contributed by atoms with E-state index in [1.165, 1.54) is 0 Å². The van der Waals surface area contributed by atoms with Crippen molar-refractivity contribution in [1.29, 1.82) is 0 Å². The third-order valence-corrected chi connectivity index (χ3v) is 4.27. The van der Waals surface area contributed by atoms with Crippen LogP contribution >= 0.6 is 0 Å². The molecule has 24 heavy (non-hydrogen) atoms. The highest BCUT2D eigenvalue weighted by atomic mass is 16.5.